The summed E-state index contributed by atoms with van der Waals surface area (Å²) in [5.41, 5.74) is -1.70. The van der Waals surface area contributed by atoms with Crippen LogP contribution in [-0.2, 0) is 12.4 Å². The van der Waals surface area contributed by atoms with Gasteiger partial charge in [-0.1, -0.05) is 6.07 Å². The zero-order valence-corrected chi connectivity index (χ0v) is 22.5. The van der Waals surface area contributed by atoms with E-state index >= 15 is 0 Å². The molecule has 0 saturated carbocycles. The number of amides is 2. The molecule has 0 aliphatic carbocycles. The van der Waals surface area contributed by atoms with E-state index in [1.165, 1.54) is 31.0 Å². The number of nitrogens with zero attached hydrogens (tertiary/aromatic N) is 3. The Morgan fingerprint density at radius 1 is 1.00 bits per heavy atom. The van der Waals surface area contributed by atoms with Crippen molar-refractivity contribution in [2.75, 3.05) is 46.3 Å². The zero-order valence-electron chi connectivity index (χ0n) is 22.5. The van der Waals surface area contributed by atoms with E-state index in [1.807, 2.05) is 0 Å². The van der Waals surface area contributed by atoms with Gasteiger partial charge in [-0.25, -0.2) is 9.18 Å². The molecule has 5 nitrogen and oxygen atoms in total. The van der Waals surface area contributed by atoms with E-state index in [4.69, 9.17) is 0 Å². The number of carbonyl (C=O) groups is 1. The van der Waals surface area contributed by atoms with E-state index in [1.54, 1.807) is 17.9 Å². The molecular formula is C28H33F7N4O. The fraction of sp³-hybridized carbons (Fsp3) is 0.536. The summed E-state index contributed by atoms with van der Waals surface area (Å²) in [7, 11) is 1.37. The van der Waals surface area contributed by atoms with Gasteiger partial charge in [0.2, 0.25) is 0 Å². The molecule has 220 valence electrons. The highest BCUT2D eigenvalue weighted by Crippen LogP contribution is 2.42. The third kappa shape index (κ3) is 6.54. The maximum absolute atomic E-state index is 14.0. The first-order valence-corrected chi connectivity index (χ1v) is 13.2. The molecule has 4 rings (SSSR count). The van der Waals surface area contributed by atoms with Crippen molar-refractivity contribution in [1.29, 1.82) is 0 Å². The summed E-state index contributed by atoms with van der Waals surface area (Å²) in [5.74, 6) is -0.396. The van der Waals surface area contributed by atoms with Crippen LogP contribution in [0, 0.1) is 18.7 Å². The molecule has 12 heteroatoms. The van der Waals surface area contributed by atoms with Crippen LogP contribution in [-0.4, -0.2) is 67.0 Å². The number of aryl methyl sites for hydroxylation is 1. The highest BCUT2D eigenvalue weighted by atomic mass is 19.4. The number of rotatable bonds is 5. The fourth-order valence-corrected chi connectivity index (χ4v) is 5.69. The summed E-state index contributed by atoms with van der Waals surface area (Å²) in [6.07, 6.45) is -9.33. The van der Waals surface area contributed by atoms with Crippen molar-refractivity contribution in [3.8, 4) is 0 Å². The van der Waals surface area contributed by atoms with Crippen molar-refractivity contribution in [3.05, 3.63) is 70.0 Å². The van der Waals surface area contributed by atoms with Gasteiger partial charge < -0.3 is 20.0 Å². The highest BCUT2D eigenvalue weighted by molar-refractivity contribution is 5.76. The number of urea groups is 1. The first kappa shape index (κ1) is 30.1. The van der Waals surface area contributed by atoms with Crippen LogP contribution in [0.25, 0.3) is 0 Å². The SMILES string of the molecule is Cc1cc(F)ccc1C1C(CN2CCNCC2)CCN1C(=O)N(C)C(C)c1cc(C(F)(F)F)cc(C(F)(F)F)c1. The van der Waals surface area contributed by atoms with Crippen LogP contribution in [0.3, 0.4) is 0 Å². The Morgan fingerprint density at radius 2 is 1.60 bits per heavy atom. The molecule has 0 spiro atoms. The predicted molar refractivity (Wildman–Crippen MR) is 136 cm³/mol. The monoisotopic (exact) mass is 574 g/mol. The smallest absolute Gasteiger partial charge is 0.321 e. The van der Waals surface area contributed by atoms with Crippen molar-refractivity contribution in [2.24, 2.45) is 5.92 Å². The van der Waals surface area contributed by atoms with Crippen LogP contribution in [0.2, 0.25) is 0 Å². The zero-order chi connectivity index (χ0) is 29.4. The molecule has 2 amide bonds. The molecule has 40 heavy (non-hydrogen) atoms. The van der Waals surface area contributed by atoms with Gasteiger partial charge in [-0.2, -0.15) is 26.3 Å². The topological polar surface area (TPSA) is 38.8 Å². The molecule has 0 aromatic heterocycles. The molecule has 3 unspecified atom stereocenters. The second-order valence-corrected chi connectivity index (χ2v) is 10.6. The highest BCUT2D eigenvalue weighted by Gasteiger charge is 2.42. The van der Waals surface area contributed by atoms with Gasteiger partial charge in [0.15, 0.2) is 0 Å². The average molecular weight is 575 g/mol. The van der Waals surface area contributed by atoms with E-state index in [9.17, 15) is 35.5 Å². The number of halogens is 7. The molecule has 0 radical (unpaired) electrons. The van der Waals surface area contributed by atoms with Crippen molar-refractivity contribution in [1.82, 2.24) is 20.0 Å². The normalized spacial score (nSPS) is 21.5. The Hall–Kier alpha value is -2.86. The van der Waals surface area contributed by atoms with Gasteiger partial charge in [-0.05, 0) is 73.2 Å². The van der Waals surface area contributed by atoms with Crippen molar-refractivity contribution in [3.63, 3.8) is 0 Å². The quantitative estimate of drug-likeness (QED) is 0.429. The Bertz CT molecular complexity index is 1180. The number of hydrogen-bond donors (Lipinski definition) is 1. The Kier molecular flexibility index (Phi) is 8.70. The number of alkyl halides is 6. The van der Waals surface area contributed by atoms with Crippen LogP contribution >= 0.6 is 0 Å². The summed E-state index contributed by atoms with van der Waals surface area (Å²) in [4.78, 5) is 18.9. The van der Waals surface area contributed by atoms with E-state index in [0.717, 1.165) is 31.7 Å². The largest absolute Gasteiger partial charge is 0.416 e. The summed E-state index contributed by atoms with van der Waals surface area (Å²) in [6.45, 7) is 7.58. The summed E-state index contributed by atoms with van der Waals surface area (Å²) < 4.78 is 94.7. The number of nitrogens with one attached hydrogen (secondary N) is 1. The van der Waals surface area contributed by atoms with Crippen molar-refractivity contribution < 1.29 is 35.5 Å². The van der Waals surface area contributed by atoms with Gasteiger partial charge in [0.05, 0.1) is 23.2 Å². The lowest BCUT2D eigenvalue weighted by molar-refractivity contribution is -0.143. The molecule has 2 aliphatic heterocycles. The number of hydrogen-bond acceptors (Lipinski definition) is 3. The van der Waals surface area contributed by atoms with Gasteiger partial charge in [-0.3, -0.25) is 0 Å². The van der Waals surface area contributed by atoms with Gasteiger partial charge in [-0.15, -0.1) is 0 Å². The number of piperazine rings is 1. The maximum Gasteiger partial charge on any atom is 0.416 e. The minimum atomic E-state index is -4.99. The number of benzene rings is 2. The molecule has 2 aromatic carbocycles. The average Bonchev–Trinajstić information content (AvgIpc) is 3.29. The second-order valence-electron chi connectivity index (χ2n) is 10.6. The Labute approximate surface area is 228 Å². The van der Waals surface area contributed by atoms with E-state index in [-0.39, 0.29) is 17.5 Å². The number of carbonyl (C=O) groups excluding carboxylic acids is 1. The lowest BCUT2D eigenvalue weighted by atomic mass is 9.90. The van der Waals surface area contributed by atoms with Gasteiger partial charge in [0.25, 0.3) is 0 Å². The van der Waals surface area contributed by atoms with E-state index < -0.39 is 47.4 Å². The molecule has 2 aliphatic rings. The van der Waals surface area contributed by atoms with Crippen LogP contribution in [0.5, 0.6) is 0 Å². The summed E-state index contributed by atoms with van der Waals surface area (Å²) >= 11 is 0. The fourth-order valence-electron chi connectivity index (χ4n) is 5.69. The second kappa shape index (κ2) is 11.6. The van der Waals surface area contributed by atoms with Gasteiger partial charge >= 0.3 is 18.4 Å². The van der Waals surface area contributed by atoms with Crippen molar-refractivity contribution >= 4 is 6.03 Å². The number of likely N-dealkylation sites (tertiary alicyclic amines) is 1. The Morgan fingerprint density at radius 3 is 2.15 bits per heavy atom. The summed E-state index contributed by atoms with van der Waals surface area (Å²) in [5, 5.41) is 3.30. The predicted octanol–water partition coefficient (Wildman–Crippen LogP) is 6.25. The van der Waals surface area contributed by atoms with Crippen LogP contribution in [0.4, 0.5) is 35.5 Å². The van der Waals surface area contributed by atoms with Crippen LogP contribution < -0.4 is 5.32 Å². The minimum Gasteiger partial charge on any atom is -0.321 e. The van der Waals surface area contributed by atoms with E-state index in [0.29, 0.717) is 37.2 Å². The third-order valence-corrected chi connectivity index (χ3v) is 8.00. The van der Waals surface area contributed by atoms with Crippen LogP contribution in [0.15, 0.2) is 36.4 Å². The standard InChI is InChI=1S/C28H33F7N4O/c1-17-12-23(29)4-5-24(17)25-19(16-38-10-7-36-8-11-38)6-9-39(25)26(40)37(3)18(2)20-13-21(27(30,31)32)15-22(14-20)28(33,34)35/h4-5,12-15,18-19,25,36H,6-11,16H2,1-3H3. The van der Waals surface area contributed by atoms with Crippen LogP contribution in [0.1, 0.15) is 53.2 Å². The summed E-state index contributed by atoms with van der Waals surface area (Å²) in [6, 6.07) is 3.73. The molecule has 3 atom stereocenters. The first-order valence-electron chi connectivity index (χ1n) is 13.2. The lowest BCUT2D eigenvalue weighted by Crippen LogP contribution is -2.47. The maximum atomic E-state index is 14.0. The molecule has 1 N–H and O–H groups in total. The van der Waals surface area contributed by atoms with Crippen molar-refractivity contribution in [2.45, 2.75) is 44.7 Å². The Balaban J connectivity index is 1.65. The molecular weight excluding hydrogens is 541 g/mol. The van der Waals surface area contributed by atoms with Gasteiger partial charge in [0, 0.05) is 46.3 Å². The minimum absolute atomic E-state index is 0.0142. The molecule has 2 heterocycles. The third-order valence-electron chi connectivity index (χ3n) is 8.00. The molecule has 0 bridgehead atoms. The molecule has 2 fully saturated rings. The van der Waals surface area contributed by atoms with E-state index in [2.05, 4.69) is 10.2 Å². The first-order chi connectivity index (χ1) is 18.7. The van der Waals surface area contributed by atoms with Gasteiger partial charge in [0.1, 0.15) is 5.82 Å². The molecule has 2 aromatic rings. The lowest BCUT2D eigenvalue weighted by Gasteiger charge is -2.37. The molecule has 2 saturated heterocycles.